The first kappa shape index (κ1) is 18.3. The van der Waals surface area contributed by atoms with Crippen LogP contribution in [0.5, 0.6) is 5.75 Å². The van der Waals surface area contributed by atoms with Gasteiger partial charge in [0.25, 0.3) is 11.8 Å². The van der Waals surface area contributed by atoms with Crippen molar-refractivity contribution in [3.8, 4) is 5.75 Å². The van der Waals surface area contributed by atoms with Crippen LogP contribution in [0.3, 0.4) is 0 Å². The number of rotatable bonds is 5. The highest BCUT2D eigenvalue weighted by Gasteiger charge is 2.14. The van der Waals surface area contributed by atoms with Crippen LogP contribution in [0.4, 0.5) is 0 Å². The number of furan rings is 1. The number of benzene rings is 2. The molecule has 2 amide bonds. The third kappa shape index (κ3) is 4.76. The first-order valence-corrected chi connectivity index (χ1v) is 8.47. The van der Waals surface area contributed by atoms with Gasteiger partial charge in [-0.15, -0.1) is 0 Å². The molecule has 2 aromatic carbocycles. The second-order valence-electron chi connectivity index (χ2n) is 6.03. The molecule has 0 bridgehead atoms. The van der Waals surface area contributed by atoms with Gasteiger partial charge >= 0.3 is 0 Å². The minimum Gasteiger partial charge on any atom is -0.489 e. The van der Waals surface area contributed by atoms with Gasteiger partial charge in [0.2, 0.25) is 0 Å². The summed E-state index contributed by atoms with van der Waals surface area (Å²) in [7, 11) is 0. The van der Waals surface area contributed by atoms with Crippen molar-refractivity contribution < 1.29 is 18.7 Å². The molecule has 0 unspecified atom stereocenters. The second kappa shape index (κ2) is 8.23. The summed E-state index contributed by atoms with van der Waals surface area (Å²) in [5.74, 6) is 0.939. The Balaban J connectivity index is 1.53. The summed E-state index contributed by atoms with van der Waals surface area (Å²) >= 11 is 0. The highest BCUT2D eigenvalue weighted by atomic mass is 16.5. The van der Waals surface area contributed by atoms with E-state index in [1.165, 1.54) is 0 Å². The molecule has 2 N–H and O–H groups in total. The van der Waals surface area contributed by atoms with Gasteiger partial charge in [-0.05, 0) is 49.7 Å². The van der Waals surface area contributed by atoms with E-state index < -0.39 is 11.8 Å². The molecule has 0 atom stereocenters. The Morgan fingerprint density at radius 2 is 1.59 bits per heavy atom. The molecular formula is C21H20N2O4. The summed E-state index contributed by atoms with van der Waals surface area (Å²) in [5.41, 5.74) is 6.63. The van der Waals surface area contributed by atoms with Crippen molar-refractivity contribution in [2.75, 3.05) is 0 Å². The van der Waals surface area contributed by atoms with Crippen molar-refractivity contribution in [2.24, 2.45) is 0 Å². The molecule has 3 rings (SSSR count). The van der Waals surface area contributed by atoms with Crippen LogP contribution in [0.15, 0.2) is 65.1 Å². The van der Waals surface area contributed by atoms with Gasteiger partial charge in [0.15, 0.2) is 0 Å². The van der Waals surface area contributed by atoms with E-state index in [1.54, 1.807) is 44.2 Å². The number of hydrogen-bond acceptors (Lipinski definition) is 4. The molecule has 3 aromatic rings. The van der Waals surface area contributed by atoms with Crippen molar-refractivity contribution in [3.63, 3.8) is 0 Å². The van der Waals surface area contributed by atoms with Crippen LogP contribution >= 0.6 is 0 Å². The standard InChI is InChI=1S/C21H20N2O4/c1-14-12-19(15(2)27-14)21(25)23-22-20(24)17-8-10-18(11-9-17)26-13-16-6-4-3-5-7-16/h3-12H,13H2,1-2H3,(H,22,24)(H,23,25). The number of ether oxygens (including phenoxy) is 1. The Morgan fingerprint density at radius 1 is 0.926 bits per heavy atom. The van der Waals surface area contributed by atoms with Crippen LogP contribution < -0.4 is 15.6 Å². The fourth-order valence-electron chi connectivity index (χ4n) is 2.55. The Kier molecular flexibility index (Phi) is 5.56. The van der Waals surface area contributed by atoms with Crippen molar-refractivity contribution in [1.82, 2.24) is 10.9 Å². The summed E-state index contributed by atoms with van der Waals surface area (Å²) in [6.07, 6.45) is 0. The van der Waals surface area contributed by atoms with Gasteiger partial charge in [-0.1, -0.05) is 30.3 Å². The van der Waals surface area contributed by atoms with Crippen LogP contribution in [0.1, 0.15) is 37.8 Å². The van der Waals surface area contributed by atoms with Crippen LogP contribution in [0.2, 0.25) is 0 Å². The molecule has 0 aliphatic heterocycles. The minimum absolute atomic E-state index is 0.387. The maximum Gasteiger partial charge on any atom is 0.273 e. The molecule has 0 aliphatic carbocycles. The van der Waals surface area contributed by atoms with Crippen LogP contribution in [-0.4, -0.2) is 11.8 Å². The third-order valence-electron chi connectivity index (χ3n) is 3.94. The lowest BCUT2D eigenvalue weighted by atomic mass is 10.2. The zero-order valence-corrected chi connectivity index (χ0v) is 15.1. The summed E-state index contributed by atoms with van der Waals surface area (Å²) in [5, 5.41) is 0. The molecule has 0 saturated heterocycles. The van der Waals surface area contributed by atoms with E-state index in [0.717, 1.165) is 5.56 Å². The fraction of sp³-hybridized carbons (Fsp3) is 0.143. The number of hydrogen-bond donors (Lipinski definition) is 2. The number of carbonyl (C=O) groups is 2. The molecular weight excluding hydrogens is 344 g/mol. The van der Waals surface area contributed by atoms with Gasteiger partial charge in [0.1, 0.15) is 23.9 Å². The fourth-order valence-corrected chi connectivity index (χ4v) is 2.55. The largest absolute Gasteiger partial charge is 0.489 e. The molecule has 6 heteroatoms. The average Bonchev–Trinajstić information content (AvgIpc) is 3.03. The predicted octanol–water partition coefficient (Wildman–Crippen LogP) is 3.55. The van der Waals surface area contributed by atoms with Gasteiger partial charge < -0.3 is 9.15 Å². The lowest BCUT2D eigenvalue weighted by Gasteiger charge is -2.09. The smallest absolute Gasteiger partial charge is 0.273 e. The zero-order valence-electron chi connectivity index (χ0n) is 15.1. The highest BCUT2D eigenvalue weighted by molar-refractivity contribution is 5.99. The molecule has 0 saturated carbocycles. The molecule has 27 heavy (non-hydrogen) atoms. The first-order chi connectivity index (χ1) is 13.0. The monoisotopic (exact) mass is 364 g/mol. The topological polar surface area (TPSA) is 80.6 Å². The van der Waals surface area contributed by atoms with Gasteiger partial charge in [-0.2, -0.15) is 0 Å². The Bertz CT molecular complexity index is 931. The molecule has 0 fully saturated rings. The first-order valence-electron chi connectivity index (χ1n) is 8.47. The SMILES string of the molecule is Cc1cc(C(=O)NNC(=O)c2ccc(OCc3ccccc3)cc2)c(C)o1. The maximum atomic E-state index is 12.2. The van der Waals surface area contributed by atoms with Crippen LogP contribution in [0.25, 0.3) is 0 Å². The van der Waals surface area contributed by atoms with Crippen LogP contribution in [0, 0.1) is 13.8 Å². The second-order valence-corrected chi connectivity index (χ2v) is 6.03. The van der Waals surface area contributed by atoms with E-state index in [0.29, 0.717) is 35.0 Å². The Labute approximate surface area is 157 Å². The maximum absolute atomic E-state index is 12.2. The van der Waals surface area contributed by atoms with Crippen molar-refractivity contribution >= 4 is 11.8 Å². The third-order valence-corrected chi connectivity index (χ3v) is 3.94. The molecule has 138 valence electrons. The Morgan fingerprint density at radius 3 is 2.22 bits per heavy atom. The molecule has 0 spiro atoms. The van der Waals surface area contributed by atoms with Crippen molar-refractivity contribution in [1.29, 1.82) is 0 Å². The van der Waals surface area contributed by atoms with E-state index in [9.17, 15) is 9.59 Å². The van der Waals surface area contributed by atoms with Gasteiger partial charge in [0.05, 0.1) is 5.56 Å². The summed E-state index contributed by atoms with van der Waals surface area (Å²) in [6.45, 7) is 3.90. The van der Waals surface area contributed by atoms with Crippen LogP contribution in [-0.2, 0) is 6.61 Å². The number of amides is 2. The summed E-state index contributed by atoms with van der Waals surface area (Å²) in [6, 6.07) is 18.1. The van der Waals surface area contributed by atoms with Gasteiger partial charge in [-0.3, -0.25) is 20.4 Å². The number of hydrazine groups is 1. The van der Waals surface area contributed by atoms with E-state index in [2.05, 4.69) is 10.9 Å². The predicted molar refractivity (Wildman–Crippen MR) is 100 cm³/mol. The van der Waals surface area contributed by atoms with E-state index in [4.69, 9.17) is 9.15 Å². The summed E-state index contributed by atoms with van der Waals surface area (Å²) in [4.78, 5) is 24.3. The minimum atomic E-state index is -0.430. The quantitative estimate of drug-likeness (QED) is 0.679. The highest BCUT2D eigenvalue weighted by Crippen LogP contribution is 2.15. The molecule has 0 aliphatic rings. The van der Waals surface area contributed by atoms with E-state index in [-0.39, 0.29) is 0 Å². The molecule has 1 aromatic heterocycles. The number of nitrogens with one attached hydrogen (secondary N) is 2. The summed E-state index contributed by atoms with van der Waals surface area (Å²) < 4.78 is 11.0. The average molecular weight is 364 g/mol. The van der Waals surface area contributed by atoms with Gasteiger partial charge in [0, 0.05) is 5.56 Å². The number of aryl methyl sites for hydroxylation is 2. The number of carbonyl (C=O) groups excluding carboxylic acids is 2. The zero-order chi connectivity index (χ0) is 19.2. The Hall–Kier alpha value is -3.54. The van der Waals surface area contributed by atoms with Gasteiger partial charge in [-0.25, -0.2) is 0 Å². The molecule has 6 nitrogen and oxygen atoms in total. The molecule has 1 heterocycles. The lowest BCUT2D eigenvalue weighted by molar-refractivity contribution is 0.0845. The van der Waals surface area contributed by atoms with E-state index >= 15 is 0 Å². The normalized spacial score (nSPS) is 10.3. The molecule has 0 radical (unpaired) electrons. The van der Waals surface area contributed by atoms with E-state index in [1.807, 2.05) is 30.3 Å². The van der Waals surface area contributed by atoms with Crippen molar-refractivity contribution in [2.45, 2.75) is 20.5 Å². The van der Waals surface area contributed by atoms with Crippen molar-refractivity contribution in [3.05, 3.63) is 88.9 Å². The lowest BCUT2D eigenvalue weighted by Crippen LogP contribution is -2.41.